The smallest absolute Gasteiger partial charge is 0.184 e. The number of furan rings is 1. The maximum absolute atomic E-state index is 5.66. The van der Waals surface area contributed by atoms with Gasteiger partial charge in [-0.2, -0.15) is 5.10 Å². The van der Waals surface area contributed by atoms with Gasteiger partial charge in [0.2, 0.25) is 0 Å². The van der Waals surface area contributed by atoms with Crippen LogP contribution in [-0.2, 0) is 13.1 Å². The molecule has 0 radical (unpaired) electrons. The quantitative estimate of drug-likeness (QED) is 0.486. The number of hydrogen-bond donors (Lipinski definition) is 2. The Morgan fingerprint density at radius 1 is 1.29 bits per heavy atom. The minimum absolute atomic E-state index is 0.126. The average Bonchev–Trinajstić information content (AvgIpc) is 2.86. The van der Waals surface area contributed by atoms with Crippen molar-refractivity contribution in [1.29, 1.82) is 0 Å². The monoisotopic (exact) mass is 302 g/mol. The van der Waals surface area contributed by atoms with E-state index in [1.807, 2.05) is 30.3 Å². The summed E-state index contributed by atoms with van der Waals surface area (Å²) in [5, 5.41) is 3.98. The van der Waals surface area contributed by atoms with Gasteiger partial charge < -0.3 is 10.2 Å². The molecule has 0 saturated heterocycles. The van der Waals surface area contributed by atoms with Crippen LogP contribution in [-0.4, -0.2) is 23.3 Å². The zero-order valence-corrected chi connectivity index (χ0v) is 12.6. The summed E-state index contributed by atoms with van der Waals surface area (Å²) in [6.07, 6.45) is 1.54. The molecule has 1 aromatic carbocycles. The van der Waals surface area contributed by atoms with Crippen molar-refractivity contribution in [2.75, 3.05) is 7.05 Å². The van der Waals surface area contributed by atoms with E-state index < -0.39 is 0 Å². The Morgan fingerprint density at radius 3 is 2.76 bits per heavy atom. The van der Waals surface area contributed by atoms with E-state index in [0.29, 0.717) is 5.76 Å². The molecule has 6 heteroatoms. The first kappa shape index (κ1) is 15.2. The molecule has 0 spiro atoms. The van der Waals surface area contributed by atoms with Crippen molar-refractivity contribution in [3.8, 4) is 0 Å². The Morgan fingerprint density at radius 2 is 2.05 bits per heavy atom. The number of hydrazone groups is 1. The normalized spacial score (nSPS) is 11.1. The van der Waals surface area contributed by atoms with E-state index in [4.69, 9.17) is 10.2 Å². The van der Waals surface area contributed by atoms with E-state index in [9.17, 15) is 0 Å². The minimum Gasteiger partial charge on any atom is -0.459 e. The average molecular weight is 302 g/mol. The second-order valence-corrected chi connectivity index (χ2v) is 5.14. The van der Waals surface area contributed by atoms with Crippen LogP contribution in [0.1, 0.15) is 17.1 Å². The van der Waals surface area contributed by atoms with E-state index in [-0.39, 0.29) is 5.11 Å². The summed E-state index contributed by atoms with van der Waals surface area (Å²) in [5.41, 5.74) is 9.03. The largest absolute Gasteiger partial charge is 0.459 e. The maximum atomic E-state index is 5.66. The first-order valence-corrected chi connectivity index (χ1v) is 6.94. The molecule has 1 aromatic heterocycles. The molecule has 0 saturated carbocycles. The highest BCUT2D eigenvalue weighted by Crippen LogP contribution is 2.10. The molecule has 2 rings (SSSR count). The highest BCUT2D eigenvalue weighted by molar-refractivity contribution is 7.80. The fraction of sp³-hybridized carbons (Fsp3) is 0.200. The molecular weight excluding hydrogens is 284 g/mol. The summed E-state index contributed by atoms with van der Waals surface area (Å²) < 4.78 is 5.66. The molecule has 5 nitrogen and oxygen atoms in total. The number of thiocarbonyl (C=S) groups is 1. The molecule has 0 aliphatic carbocycles. The van der Waals surface area contributed by atoms with Gasteiger partial charge in [0.1, 0.15) is 11.5 Å². The lowest BCUT2D eigenvalue weighted by Crippen LogP contribution is -2.23. The third kappa shape index (κ3) is 5.37. The highest BCUT2D eigenvalue weighted by atomic mass is 32.1. The standard InChI is InChI=1S/C15H18N4OS/c1-19(10-12-5-3-2-4-6-12)11-14-8-7-13(20-14)9-17-18-15(16)21/h2-9H,10-11H2,1H3,(H3,16,18,21). The molecule has 0 aliphatic rings. The van der Waals surface area contributed by atoms with Gasteiger partial charge in [-0.3, -0.25) is 10.3 Å². The predicted octanol–water partition coefficient (Wildman–Crippen LogP) is 2.08. The van der Waals surface area contributed by atoms with Gasteiger partial charge in [0.15, 0.2) is 5.11 Å². The summed E-state index contributed by atoms with van der Waals surface area (Å²) >= 11 is 4.65. The van der Waals surface area contributed by atoms with Gasteiger partial charge in [-0.05, 0) is 37.0 Å². The van der Waals surface area contributed by atoms with Gasteiger partial charge in [0.25, 0.3) is 0 Å². The van der Waals surface area contributed by atoms with Crippen molar-refractivity contribution in [3.63, 3.8) is 0 Å². The minimum atomic E-state index is 0.126. The zero-order valence-electron chi connectivity index (χ0n) is 11.8. The van der Waals surface area contributed by atoms with E-state index >= 15 is 0 Å². The first-order valence-electron chi connectivity index (χ1n) is 6.53. The number of rotatable bonds is 6. The van der Waals surface area contributed by atoms with E-state index in [1.54, 1.807) is 6.21 Å². The van der Waals surface area contributed by atoms with Gasteiger partial charge in [0, 0.05) is 6.54 Å². The maximum Gasteiger partial charge on any atom is 0.184 e. The topological polar surface area (TPSA) is 66.8 Å². The molecule has 0 aliphatic heterocycles. The van der Waals surface area contributed by atoms with Crippen LogP contribution in [0, 0.1) is 0 Å². The van der Waals surface area contributed by atoms with Crippen LogP contribution in [0.2, 0.25) is 0 Å². The van der Waals surface area contributed by atoms with Crippen molar-refractivity contribution in [1.82, 2.24) is 10.3 Å². The third-order valence-corrected chi connectivity index (χ3v) is 2.86. The van der Waals surface area contributed by atoms with Crippen molar-refractivity contribution in [3.05, 3.63) is 59.5 Å². The highest BCUT2D eigenvalue weighted by Gasteiger charge is 2.05. The van der Waals surface area contributed by atoms with Crippen molar-refractivity contribution < 1.29 is 4.42 Å². The Bertz CT molecular complexity index is 609. The molecule has 0 amide bonds. The molecule has 0 unspecified atom stereocenters. The molecule has 1 heterocycles. The van der Waals surface area contributed by atoms with Crippen molar-refractivity contribution in [2.24, 2.45) is 10.8 Å². The molecule has 21 heavy (non-hydrogen) atoms. The summed E-state index contributed by atoms with van der Waals surface area (Å²) in [6, 6.07) is 14.1. The fourth-order valence-corrected chi connectivity index (χ4v) is 1.98. The van der Waals surface area contributed by atoms with E-state index in [1.165, 1.54) is 5.56 Å². The van der Waals surface area contributed by atoms with Crippen molar-refractivity contribution in [2.45, 2.75) is 13.1 Å². The number of nitrogens with two attached hydrogens (primary N) is 1. The summed E-state index contributed by atoms with van der Waals surface area (Å²) in [7, 11) is 2.05. The van der Waals surface area contributed by atoms with Crippen LogP contribution in [0.5, 0.6) is 0 Å². The fourth-order valence-electron chi connectivity index (χ4n) is 1.93. The Hall–Kier alpha value is -2.18. The van der Waals surface area contributed by atoms with Crippen LogP contribution < -0.4 is 11.2 Å². The van der Waals surface area contributed by atoms with Gasteiger partial charge >= 0.3 is 0 Å². The second kappa shape index (κ2) is 7.56. The summed E-state index contributed by atoms with van der Waals surface area (Å²) in [4.78, 5) is 2.18. The molecule has 110 valence electrons. The van der Waals surface area contributed by atoms with Crippen LogP contribution in [0.25, 0.3) is 0 Å². The van der Waals surface area contributed by atoms with E-state index in [0.717, 1.165) is 18.8 Å². The number of nitrogens with zero attached hydrogens (tertiary/aromatic N) is 2. The van der Waals surface area contributed by atoms with Crippen LogP contribution in [0.3, 0.4) is 0 Å². The third-order valence-electron chi connectivity index (χ3n) is 2.77. The molecule has 2 aromatic rings. The zero-order chi connectivity index (χ0) is 15.1. The number of nitrogens with one attached hydrogen (secondary N) is 1. The predicted molar refractivity (Wildman–Crippen MR) is 87.8 cm³/mol. The summed E-state index contributed by atoms with van der Waals surface area (Å²) in [5.74, 6) is 1.53. The molecule has 3 N–H and O–H groups in total. The van der Waals surface area contributed by atoms with Gasteiger partial charge in [-0.25, -0.2) is 0 Å². The van der Waals surface area contributed by atoms with Crippen LogP contribution >= 0.6 is 12.2 Å². The lowest BCUT2D eigenvalue weighted by molar-refractivity contribution is 0.287. The SMILES string of the molecule is CN(Cc1ccccc1)Cc1ccc(C=NNC(N)=S)o1. The second-order valence-electron chi connectivity index (χ2n) is 4.70. The number of hydrogen-bond acceptors (Lipinski definition) is 4. The van der Waals surface area contributed by atoms with Crippen LogP contribution in [0.4, 0.5) is 0 Å². The number of benzene rings is 1. The molecule has 0 fully saturated rings. The first-order chi connectivity index (χ1) is 10.1. The lowest BCUT2D eigenvalue weighted by atomic mass is 10.2. The van der Waals surface area contributed by atoms with Crippen LogP contribution in [0.15, 0.2) is 52.0 Å². The molecule has 0 bridgehead atoms. The molecular formula is C15H18N4OS. The Labute approximate surface area is 129 Å². The Kier molecular flexibility index (Phi) is 5.48. The summed E-state index contributed by atoms with van der Waals surface area (Å²) in [6.45, 7) is 1.60. The van der Waals surface area contributed by atoms with Gasteiger partial charge in [-0.1, -0.05) is 30.3 Å². The molecule has 0 atom stereocenters. The Balaban J connectivity index is 1.87. The lowest BCUT2D eigenvalue weighted by Gasteiger charge is -2.14. The van der Waals surface area contributed by atoms with Gasteiger partial charge in [0.05, 0.1) is 12.8 Å². The van der Waals surface area contributed by atoms with E-state index in [2.05, 4.69) is 46.8 Å². The van der Waals surface area contributed by atoms with Gasteiger partial charge in [-0.15, -0.1) is 0 Å². The van der Waals surface area contributed by atoms with Crippen molar-refractivity contribution >= 4 is 23.5 Å².